The van der Waals surface area contributed by atoms with Crippen LogP contribution in [-0.2, 0) is 0 Å². The highest BCUT2D eigenvalue weighted by atomic mass is 19.1. The van der Waals surface area contributed by atoms with Gasteiger partial charge < -0.3 is 19.9 Å². The van der Waals surface area contributed by atoms with E-state index < -0.39 is 11.6 Å². The van der Waals surface area contributed by atoms with Crippen molar-refractivity contribution in [3.05, 3.63) is 72.9 Å². The SMILES string of the molecule is C=CC(=C)N1CC[C@@H](Nc2ncnc3[nH]c(C#CCOc4cc(F)ccc4F)cc23)C1. The van der Waals surface area contributed by atoms with Crippen LogP contribution in [0, 0.1) is 23.5 Å². The third-order valence-electron chi connectivity index (χ3n) is 5.01. The minimum atomic E-state index is -0.637. The zero-order valence-electron chi connectivity index (χ0n) is 16.8. The van der Waals surface area contributed by atoms with E-state index in [1.807, 2.05) is 6.07 Å². The molecule has 158 valence electrons. The number of likely N-dealkylation sites (tertiary alicyclic amines) is 1. The Morgan fingerprint density at radius 3 is 3.06 bits per heavy atom. The summed E-state index contributed by atoms with van der Waals surface area (Å²) in [5.74, 6) is 5.05. The summed E-state index contributed by atoms with van der Waals surface area (Å²) in [5.41, 5.74) is 2.19. The number of anilines is 1. The molecule has 2 aromatic heterocycles. The first kappa shape index (κ1) is 20.4. The van der Waals surface area contributed by atoms with Crippen LogP contribution >= 0.6 is 0 Å². The van der Waals surface area contributed by atoms with E-state index in [9.17, 15) is 8.78 Å². The van der Waals surface area contributed by atoms with E-state index in [-0.39, 0.29) is 18.4 Å². The first-order chi connectivity index (χ1) is 15.0. The predicted molar refractivity (Wildman–Crippen MR) is 116 cm³/mol. The lowest BCUT2D eigenvalue weighted by Crippen LogP contribution is -2.25. The number of halogens is 2. The summed E-state index contributed by atoms with van der Waals surface area (Å²) in [6.07, 6.45) is 4.21. The number of hydrogen-bond acceptors (Lipinski definition) is 5. The molecule has 1 fully saturated rings. The van der Waals surface area contributed by atoms with Gasteiger partial charge in [0.15, 0.2) is 11.6 Å². The third-order valence-corrected chi connectivity index (χ3v) is 5.01. The number of rotatable bonds is 6. The monoisotopic (exact) mass is 421 g/mol. The molecule has 0 spiro atoms. The first-order valence-corrected chi connectivity index (χ1v) is 9.77. The summed E-state index contributed by atoms with van der Waals surface area (Å²) < 4.78 is 32.0. The van der Waals surface area contributed by atoms with Gasteiger partial charge in [-0.2, -0.15) is 0 Å². The van der Waals surface area contributed by atoms with Crippen molar-refractivity contribution >= 4 is 16.9 Å². The van der Waals surface area contributed by atoms with Crippen molar-refractivity contribution in [2.75, 3.05) is 25.0 Å². The molecular weight excluding hydrogens is 400 g/mol. The Morgan fingerprint density at radius 1 is 1.35 bits per heavy atom. The summed E-state index contributed by atoms with van der Waals surface area (Å²) in [7, 11) is 0. The molecule has 1 saturated heterocycles. The molecule has 0 saturated carbocycles. The van der Waals surface area contributed by atoms with Crippen molar-refractivity contribution in [3.63, 3.8) is 0 Å². The Hall–Kier alpha value is -3.86. The van der Waals surface area contributed by atoms with Crippen molar-refractivity contribution in [1.29, 1.82) is 0 Å². The van der Waals surface area contributed by atoms with Gasteiger partial charge in [-0.05, 0) is 36.6 Å². The lowest BCUT2D eigenvalue weighted by molar-refractivity contribution is 0.345. The minimum Gasteiger partial charge on any atom is -0.478 e. The maximum Gasteiger partial charge on any atom is 0.165 e. The number of hydrogen-bond donors (Lipinski definition) is 2. The summed E-state index contributed by atoms with van der Waals surface area (Å²) in [6.45, 7) is 9.41. The highest BCUT2D eigenvalue weighted by molar-refractivity contribution is 5.88. The van der Waals surface area contributed by atoms with E-state index in [0.29, 0.717) is 11.3 Å². The summed E-state index contributed by atoms with van der Waals surface area (Å²) in [5, 5.41) is 4.29. The Morgan fingerprint density at radius 2 is 2.23 bits per heavy atom. The van der Waals surface area contributed by atoms with Crippen LogP contribution in [0.3, 0.4) is 0 Å². The number of ether oxygens (including phenoxy) is 1. The topological polar surface area (TPSA) is 66.1 Å². The van der Waals surface area contributed by atoms with Gasteiger partial charge in [0.1, 0.15) is 30.2 Å². The van der Waals surface area contributed by atoms with E-state index in [1.165, 1.54) is 6.33 Å². The zero-order valence-corrected chi connectivity index (χ0v) is 16.8. The molecule has 0 bridgehead atoms. The Labute approximate surface area is 178 Å². The molecule has 6 nitrogen and oxygen atoms in total. The van der Waals surface area contributed by atoms with Crippen LogP contribution in [-0.4, -0.2) is 45.6 Å². The van der Waals surface area contributed by atoms with Gasteiger partial charge in [0.05, 0.1) is 11.1 Å². The Kier molecular flexibility index (Phi) is 5.85. The molecule has 8 heteroatoms. The largest absolute Gasteiger partial charge is 0.478 e. The quantitative estimate of drug-likeness (QED) is 0.468. The standard InChI is InChI=1S/C23H21F2N5O/c1-3-15(2)30-9-8-18(13-30)29-23-19-12-17(28-22(19)26-14-27-23)5-4-10-31-21-11-16(24)6-7-20(21)25/h3,6-7,11-12,14,18H,1-2,8-10,13H2,(H2,26,27,28,29)/t18-/m1/s1. The van der Waals surface area contributed by atoms with E-state index >= 15 is 0 Å². The van der Waals surface area contributed by atoms with Crippen LogP contribution < -0.4 is 10.1 Å². The lowest BCUT2D eigenvalue weighted by Gasteiger charge is -2.19. The van der Waals surface area contributed by atoms with E-state index in [0.717, 1.165) is 54.6 Å². The number of H-pyrrole nitrogens is 1. The molecule has 1 aliphatic rings. The average Bonchev–Trinajstić information content (AvgIpc) is 3.40. The van der Waals surface area contributed by atoms with Gasteiger partial charge in [0.25, 0.3) is 0 Å². The summed E-state index contributed by atoms with van der Waals surface area (Å²) in [6, 6.07) is 5.11. The smallest absolute Gasteiger partial charge is 0.165 e. The van der Waals surface area contributed by atoms with Crippen LogP contribution in [0.2, 0.25) is 0 Å². The van der Waals surface area contributed by atoms with Crippen molar-refractivity contribution in [3.8, 4) is 17.6 Å². The molecule has 0 unspecified atom stereocenters. The molecule has 0 amide bonds. The molecule has 0 aliphatic carbocycles. The second-order valence-corrected chi connectivity index (χ2v) is 7.10. The minimum absolute atomic E-state index is 0.0857. The molecule has 1 aliphatic heterocycles. The van der Waals surface area contributed by atoms with Gasteiger partial charge in [-0.1, -0.05) is 19.1 Å². The number of aromatic nitrogens is 3. The number of aromatic amines is 1. The number of nitrogens with zero attached hydrogens (tertiary/aromatic N) is 3. The molecule has 1 aromatic carbocycles. The molecule has 2 N–H and O–H groups in total. The van der Waals surface area contributed by atoms with Crippen LogP contribution in [0.5, 0.6) is 5.75 Å². The zero-order chi connectivity index (χ0) is 21.8. The fourth-order valence-electron chi connectivity index (χ4n) is 3.42. The van der Waals surface area contributed by atoms with Gasteiger partial charge in [0.2, 0.25) is 0 Å². The van der Waals surface area contributed by atoms with Crippen molar-refractivity contribution < 1.29 is 13.5 Å². The molecule has 1 atom stereocenters. The Bertz CT molecular complexity index is 1190. The number of nitrogens with one attached hydrogen (secondary N) is 2. The number of benzene rings is 1. The lowest BCUT2D eigenvalue weighted by atomic mass is 10.2. The molecule has 3 heterocycles. The number of allylic oxidation sites excluding steroid dienone is 1. The van der Waals surface area contributed by atoms with Crippen LogP contribution in [0.25, 0.3) is 11.0 Å². The van der Waals surface area contributed by atoms with Crippen molar-refractivity contribution in [1.82, 2.24) is 19.9 Å². The van der Waals surface area contributed by atoms with Gasteiger partial charge in [0, 0.05) is 30.9 Å². The van der Waals surface area contributed by atoms with Crippen LogP contribution in [0.4, 0.5) is 14.6 Å². The number of fused-ring (bicyclic) bond motifs is 1. The highest BCUT2D eigenvalue weighted by Crippen LogP contribution is 2.24. The van der Waals surface area contributed by atoms with E-state index in [4.69, 9.17) is 4.74 Å². The maximum absolute atomic E-state index is 13.6. The molecule has 4 rings (SSSR count). The van der Waals surface area contributed by atoms with Crippen LogP contribution in [0.15, 0.2) is 55.5 Å². The van der Waals surface area contributed by atoms with Gasteiger partial charge in [-0.3, -0.25) is 0 Å². The second kappa shape index (κ2) is 8.88. The molecule has 3 aromatic rings. The normalized spacial score (nSPS) is 15.4. The molecular formula is C23H21F2N5O. The van der Waals surface area contributed by atoms with Gasteiger partial charge in [-0.15, -0.1) is 0 Å². The molecule has 31 heavy (non-hydrogen) atoms. The fraction of sp³-hybridized carbons (Fsp3) is 0.217. The van der Waals surface area contributed by atoms with Crippen molar-refractivity contribution in [2.24, 2.45) is 0 Å². The third kappa shape index (κ3) is 4.67. The van der Waals surface area contributed by atoms with Gasteiger partial charge in [-0.25, -0.2) is 18.7 Å². The van der Waals surface area contributed by atoms with Gasteiger partial charge >= 0.3 is 0 Å². The summed E-state index contributed by atoms with van der Waals surface area (Å²) >= 11 is 0. The molecule has 0 radical (unpaired) electrons. The van der Waals surface area contributed by atoms with Crippen molar-refractivity contribution in [2.45, 2.75) is 12.5 Å². The Balaban J connectivity index is 1.43. The average molecular weight is 421 g/mol. The van der Waals surface area contributed by atoms with E-state index in [2.05, 4.69) is 50.2 Å². The first-order valence-electron chi connectivity index (χ1n) is 9.77. The van der Waals surface area contributed by atoms with E-state index in [1.54, 1.807) is 6.08 Å². The van der Waals surface area contributed by atoms with Crippen LogP contribution in [0.1, 0.15) is 12.1 Å². The maximum atomic E-state index is 13.6. The second-order valence-electron chi connectivity index (χ2n) is 7.10. The fourth-order valence-corrected chi connectivity index (χ4v) is 3.42. The summed E-state index contributed by atoms with van der Waals surface area (Å²) in [4.78, 5) is 13.9. The predicted octanol–water partition coefficient (Wildman–Crippen LogP) is 3.85. The highest BCUT2D eigenvalue weighted by Gasteiger charge is 2.23.